The highest BCUT2D eigenvalue weighted by Crippen LogP contribution is 2.30. The first-order valence-corrected chi connectivity index (χ1v) is 8.13. The summed E-state index contributed by atoms with van der Waals surface area (Å²) in [5.74, 6) is -1.18. The van der Waals surface area contributed by atoms with Crippen LogP contribution in [0.5, 0.6) is 0 Å². The second kappa shape index (κ2) is 4.77. The summed E-state index contributed by atoms with van der Waals surface area (Å²) in [5, 5.41) is 20.1. The molecule has 2 aromatic rings. The molecule has 0 aromatic heterocycles. The van der Waals surface area contributed by atoms with E-state index in [-0.39, 0.29) is 23.5 Å². The van der Waals surface area contributed by atoms with Crippen LogP contribution < -0.4 is 0 Å². The molecule has 1 aliphatic rings. The monoisotopic (exact) mass is 321 g/mol. The third-order valence-electron chi connectivity index (χ3n) is 3.74. The van der Waals surface area contributed by atoms with Crippen LogP contribution in [-0.4, -0.2) is 47.6 Å². The minimum atomic E-state index is -3.81. The first-order chi connectivity index (χ1) is 10.2. The normalized spacial score (nSPS) is 18.1. The predicted octanol–water partition coefficient (Wildman–Crippen LogP) is 1.29. The molecule has 1 aliphatic heterocycles. The number of aliphatic hydroxyl groups is 1. The average molecular weight is 321 g/mol. The van der Waals surface area contributed by atoms with E-state index in [1.54, 1.807) is 31.2 Å². The zero-order chi connectivity index (χ0) is 16.1. The summed E-state index contributed by atoms with van der Waals surface area (Å²) >= 11 is 0. The molecule has 1 saturated heterocycles. The molecule has 0 saturated carbocycles. The molecule has 0 radical (unpaired) electrons. The molecule has 3 rings (SSSR count). The molecule has 2 aromatic carbocycles. The highest BCUT2D eigenvalue weighted by Gasteiger charge is 2.44. The van der Waals surface area contributed by atoms with Crippen LogP contribution in [-0.2, 0) is 10.0 Å². The quantitative estimate of drug-likeness (QED) is 0.888. The molecule has 0 atom stereocenters. The van der Waals surface area contributed by atoms with Crippen molar-refractivity contribution in [1.82, 2.24) is 4.31 Å². The number of carbonyl (C=O) groups is 1. The molecule has 2 N–H and O–H groups in total. The summed E-state index contributed by atoms with van der Waals surface area (Å²) < 4.78 is 26.2. The summed E-state index contributed by atoms with van der Waals surface area (Å²) in [5.41, 5.74) is -1.08. The molecule has 7 heteroatoms. The summed E-state index contributed by atoms with van der Waals surface area (Å²) in [6.45, 7) is 1.57. The fraction of sp³-hybridized carbons (Fsp3) is 0.267. The van der Waals surface area contributed by atoms with Crippen LogP contribution in [0.1, 0.15) is 17.3 Å². The lowest BCUT2D eigenvalue weighted by atomic mass is 10.0. The highest BCUT2D eigenvalue weighted by atomic mass is 32.2. The van der Waals surface area contributed by atoms with E-state index in [0.29, 0.717) is 10.8 Å². The molecule has 0 unspecified atom stereocenters. The minimum Gasteiger partial charge on any atom is -0.478 e. The molecule has 1 heterocycles. The lowest BCUT2D eigenvalue weighted by Gasteiger charge is -2.42. The zero-order valence-electron chi connectivity index (χ0n) is 11.9. The van der Waals surface area contributed by atoms with Crippen LogP contribution >= 0.6 is 0 Å². The number of hydrogen-bond donors (Lipinski definition) is 2. The lowest BCUT2D eigenvalue weighted by molar-refractivity contribution is -0.0426. The maximum absolute atomic E-state index is 12.5. The van der Waals surface area contributed by atoms with E-state index in [1.165, 1.54) is 12.1 Å². The van der Waals surface area contributed by atoms with E-state index in [9.17, 15) is 23.4 Å². The molecule has 116 valence electrons. The topological polar surface area (TPSA) is 94.9 Å². The van der Waals surface area contributed by atoms with Crippen LogP contribution in [0.15, 0.2) is 41.3 Å². The number of β-amino-alcohol motifs (C(OH)–C–C–N with tert-alkyl or cyclic N) is 1. The van der Waals surface area contributed by atoms with Gasteiger partial charge in [-0.3, -0.25) is 0 Å². The van der Waals surface area contributed by atoms with Gasteiger partial charge in [-0.1, -0.05) is 24.3 Å². The Balaban J connectivity index is 2.14. The van der Waals surface area contributed by atoms with Crippen molar-refractivity contribution in [3.63, 3.8) is 0 Å². The average Bonchev–Trinajstić information content (AvgIpc) is 2.43. The van der Waals surface area contributed by atoms with Crippen LogP contribution in [0, 0.1) is 0 Å². The highest BCUT2D eigenvalue weighted by molar-refractivity contribution is 7.89. The van der Waals surface area contributed by atoms with Crippen molar-refractivity contribution in [2.75, 3.05) is 13.1 Å². The second-order valence-electron chi connectivity index (χ2n) is 5.77. The van der Waals surface area contributed by atoms with E-state index >= 15 is 0 Å². The summed E-state index contributed by atoms with van der Waals surface area (Å²) in [4.78, 5) is 11.3. The fourth-order valence-corrected chi connectivity index (χ4v) is 4.38. The molecule has 22 heavy (non-hydrogen) atoms. The minimum absolute atomic E-state index is 0.00453. The van der Waals surface area contributed by atoms with Crippen molar-refractivity contribution in [3.8, 4) is 0 Å². The van der Waals surface area contributed by atoms with Crippen LogP contribution in [0.2, 0.25) is 0 Å². The van der Waals surface area contributed by atoms with Gasteiger partial charge in [0.1, 0.15) is 0 Å². The largest absolute Gasteiger partial charge is 0.478 e. The van der Waals surface area contributed by atoms with Crippen molar-refractivity contribution in [3.05, 3.63) is 42.0 Å². The van der Waals surface area contributed by atoms with Crippen LogP contribution in [0.4, 0.5) is 0 Å². The molecule has 0 aliphatic carbocycles. The Hall–Kier alpha value is -1.96. The van der Waals surface area contributed by atoms with Gasteiger partial charge in [0.2, 0.25) is 10.0 Å². The first-order valence-electron chi connectivity index (χ1n) is 6.69. The third-order valence-corrected chi connectivity index (χ3v) is 5.51. The lowest BCUT2D eigenvalue weighted by Crippen LogP contribution is -2.61. The van der Waals surface area contributed by atoms with E-state index in [4.69, 9.17) is 0 Å². The SMILES string of the molecule is CC1(O)CN(S(=O)(=O)c2cc(C(=O)O)c3ccccc3c2)C1. The Labute approximate surface area is 127 Å². The van der Waals surface area contributed by atoms with Gasteiger partial charge in [-0.15, -0.1) is 0 Å². The molecule has 0 spiro atoms. The maximum atomic E-state index is 12.5. The van der Waals surface area contributed by atoms with Gasteiger partial charge in [-0.05, 0) is 29.8 Å². The number of rotatable bonds is 3. The van der Waals surface area contributed by atoms with Gasteiger partial charge in [0.15, 0.2) is 0 Å². The zero-order valence-corrected chi connectivity index (χ0v) is 12.7. The summed E-state index contributed by atoms with van der Waals surface area (Å²) in [6, 6.07) is 9.38. The van der Waals surface area contributed by atoms with E-state index in [0.717, 1.165) is 4.31 Å². The third kappa shape index (κ3) is 2.37. The van der Waals surface area contributed by atoms with E-state index in [2.05, 4.69) is 0 Å². The molecule has 6 nitrogen and oxygen atoms in total. The van der Waals surface area contributed by atoms with Gasteiger partial charge in [0.05, 0.1) is 16.1 Å². The number of sulfonamides is 1. The Morgan fingerprint density at radius 3 is 2.45 bits per heavy atom. The fourth-order valence-electron chi connectivity index (χ4n) is 2.64. The Kier molecular flexibility index (Phi) is 3.24. The predicted molar refractivity (Wildman–Crippen MR) is 80.3 cm³/mol. The standard InChI is InChI=1S/C15H15NO5S/c1-15(19)8-16(9-15)22(20,21)11-6-10-4-2-3-5-12(10)13(7-11)14(17)18/h2-7,19H,8-9H2,1H3,(H,17,18). The van der Waals surface area contributed by atoms with Crippen molar-refractivity contribution in [2.24, 2.45) is 0 Å². The summed E-state index contributed by atoms with van der Waals surface area (Å²) in [7, 11) is -3.81. The van der Waals surface area contributed by atoms with Gasteiger partial charge < -0.3 is 10.2 Å². The van der Waals surface area contributed by atoms with Crippen LogP contribution in [0.25, 0.3) is 10.8 Å². The molecule has 0 bridgehead atoms. The van der Waals surface area contributed by atoms with Gasteiger partial charge in [-0.25, -0.2) is 13.2 Å². The van der Waals surface area contributed by atoms with Gasteiger partial charge in [0, 0.05) is 13.1 Å². The smallest absolute Gasteiger partial charge is 0.336 e. The van der Waals surface area contributed by atoms with Crippen molar-refractivity contribution >= 4 is 26.8 Å². The van der Waals surface area contributed by atoms with E-state index in [1.807, 2.05) is 0 Å². The summed E-state index contributed by atoms with van der Waals surface area (Å²) in [6.07, 6.45) is 0. The molecular formula is C15H15NO5S. The Morgan fingerprint density at radius 1 is 1.23 bits per heavy atom. The number of benzene rings is 2. The molecular weight excluding hydrogens is 306 g/mol. The van der Waals surface area contributed by atoms with Crippen molar-refractivity contribution in [2.45, 2.75) is 17.4 Å². The van der Waals surface area contributed by atoms with E-state index < -0.39 is 21.6 Å². The number of carboxylic acid groups (broad SMARTS) is 1. The number of carboxylic acids is 1. The molecule has 0 amide bonds. The first kappa shape index (κ1) is 15.0. The maximum Gasteiger partial charge on any atom is 0.336 e. The second-order valence-corrected chi connectivity index (χ2v) is 7.71. The Morgan fingerprint density at radius 2 is 1.86 bits per heavy atom. The number of aromatic carboxylic acids is 1. The van der Waals surface area contributed by atoms with Crippen LogP contribution in [0.3, 0.4) is 0 Å². The van der Waals surface area contributed by atoms with Gasteiger partial charge in [0.25, 0.3) is 0 Å². The number of nitrogens with zero attached hydrogens (tertiary/aromatic N) is 1. The van der Waals surface area contributed by atoms with Crippen molar-refractivity contribution < 1.29 is 23.4 Å². The van der Waals surface area contributed by atoms with Gasteiger partial charge in [-0.2, -0.15) is 4.31 Å². The number of hydrogen-bond acceptors (Lipinski definition) is 4. The molecule has 1 fully saturated rings. The Bertz CT molecular complexity index is 865. The van der Waals surface area contributed by atoms with Gasteiger partial charge >= 0.3 is 5.97 Å². The van der Waals surface area contributed by atoms with Crippen molar-refractivity contribution in [1.29, 1.82) is 0 Å². The number of fused-ring (bicyclic) bond motifs is 1.